The van der Waals surface area contributed by atoms with Crippen LogP contribution in [0.1, 0.15) is 17.0 Å². The van der Waals surface area contributed by atoms with Gasteiger partial charge in [0, 0.05) is 51.5 Å². The summed E-state index contributed by atoms with van der Waals surface area (Å²) >= 11 is 0. The molecule has 5 rings (SSSR count). The third-order valence-corrected chi connectivity index (χ3v) is 6.04. The van der Waals surface area contributed by atoms with E-state index in [0.717, 1.165) is 69.3 Å². The topological polar surface area (TPSA) is 113 Å². The summed E-state index contributed by atoms with van der Waals surface area (Å²) in [5.41, 5.74) is 3.94. The Hall–Kier alpha value is -3.02. The van der Waals surface area contributed by atoms with Crippen molar-refractivity contribution in [2.45, 2.75) is 6.42 Å². The van der Waals surface area contributed by atoms with Crippen molar-refractivity contribution in [3.8, 4) is 11.3 Å². The molecule has 176 valence electrons. The van der Waals surface area contributed by atoms with Crippen LogP contribution in [0.2, 0.25) is 0 Å². The minimum absolute atomic E-state index is 0.217. The van der Waals surface area contributed by atoms with E-state index >= 15 is 0 Å². The second-order valence-electron chi connectivity index (χ2n) is 8.37. The van der Waals surface area contributed by atoms with Gasteiger partial charge in [0.2, 0.25) is 0 Å². The Morgan fingerprint density at radius 2 is 1.88 bits per heavy atom. The Balaban J connectivity index is 1.34. The fraction of sp³-hybridized carbons (Fsp3) is 0.545. The maximum absolute atomic E-state index is 12.8. The molecule has 2 fully saturated rings. The molecule has 3 aromatic heterocycles. The largest absolute Gasteiger partial charge is 0.379 e. The number of nitrogens with zero attached hydrogens (tertiary/aromatic N) is 6. The zero-order chi connectivity index (χ0) is 22.6. The van der Waals surface area contributed by atoms with Crippen molar-refractivity contribution in [2.24, 2.45) is 7.05 Å². The SMILES string of the molecule is Cn1cc(-c2cc(N3CCOCC3)c3nc(C(=O)NCCCN4CCOCC4)[nH]c3n2)cn1. The van der Waals surface area contributed by atoms with Crippen LogP contribution in [-0.4, -0.2) is 101 Å². The molecular weight excluding hydrogens is 424 g/mol. The number of fused-ring (bicyclic) bond motifs is 1. The number of hydrogen-bond donors (Lipinski definition) is 2. The molecular formula is C22H30N8O3. The van der Waals surface area contributed by atoms with Gasteiger partial charge in [0.05, 0.1) is 44.0 Å². The lowest BCUT2D eigenvalue weighted by Gasteiger charge is -2.29. The second kappa shape index (κ2) is 9.86. The summed E-state index contributed by atoms with van der Waals surface area (Å²) in [7, 11) is 1.88. The van der Waals surface area contributed by atoms with Crippen LogP contribution < -0.4 is 10.2 Å². The summed E-state index contributed by atoms with van der Waals surface area (Å²) in [5.74, 6) is 0.0625. The summed E-state index contributed by atoms with van der Waals surface area (Å²) in [4.78, 5) is 29.9. The molecule has 3 aromatic rings. The minimum Gasteiger partial charge on any atom is -0.379 e. The summed E-state index contributed by atoms with van der Waals surface area (Å²) in [6.45, 7) is 7.86. The number of carbonyl (C=O) groups excluding carboxylic acids is 1. The molecule has 33 heavy (non-hydrogen) atoms. The molecule has 0 radical (unpaired) electrons. The van der Waals surface area contributed by atoms with Crippen LogP contribution in [0, 0.1) is 0 Å². The van der Waals surface area contributed by atoms with Gasteiger partial charge >= 0.3 is 0 Å². The fourth-order valence-corrected chi connectivity index (χ4v) is 4.24. The molecule has 0 spiro atoms. The van der Waals surface area contributed by atoms with Gasteiger partial charge in [-0.15, -0.1) is 0 Å². The molecule has 2 aliphatic heterocycles. The van der Waals surface area contributed by atoms with E-state index < -0.39 is 0 Å². The molecule has 1 amide bonds. The van der Waals surface area contributed by atoms with E-state index in [-0.39, 0.29) is 11.7 Å². The number of aromatic nitrogens is 5. The maximum Gasteiger partial charge on any atom is 0.287 e. The number of carbonyl (C=O) groups is 1. The summed E-state index contributed by atoms with van der Waals surface area (Å²) in [6.07, 6.45) is 4.60. The molecule has 0 bridgehead atoms. The number of imidazole rings is 1. The maximum atomic E-state index is 12.8. The van der Waals surface area contributed by atoms with Crippen molar-refractivity contribution in [3.05, 3.63) is 24.3 Å². The smallest absolute Gasteiger partial charge is 0.287 e. The second-order valence-corrected chi connectivity index (χ2v) is 8.37. The average molecular weight is 455 g/mol. The number of anilines is 1. The first-order chi connectivity index (χ1) is 16.2. The monoisotopic (exact) mass is 454 g/mol. The van der Waals surface area contributed by atoms with Crippen LogP contribution in [-0.2, 0) is 16.5 Å². The summed E-state index contributed by atoms with van der Waals surface area (Å²) < 4.78 is 12.6. The summed E-state index contributed by atoms with van der Waals surface area (Å²) in [6, 6.07) is 2.02. The van der Waals surface area contributed by atoms with Gasteiger partial charge in [-0.25, -0.2) is 9.97 Å². The average Bonchev–Trinajstić information content (AvgIpc) is 3.48. The molecule has 0 aromatic carbocycles. The van der Waals surface area contributed by atoms with Crippen molar-refractivity contribution >= 4 is 22.8 Å². The number of pyridine rings is 1. The summed E-state index contributed by atoms with van der Waals surface area (Å²) in [5, 5.41) is 7.25. The van der Waals surface area contributed by atoms with Gasteiger partial charge in [-0.2, -0.15) is 5.10 Å². The Morgan fingerprint density at radius 1 is 1.12 bits per heavy atom. The van der Waals surface area contributed by atoms with Gasteiger partial charge < -0.3 is 24.7 Å². The van der Waals surface area contributed by atoms with E-state index in [2.05, 4.69) is 30.2 Å². The van der Waals surface area contributed by atoms with Crippen LogP contribution in [0.5, 0.6) is 0 Å². The van der Waals surface area contributed by atoms with Gasteiger partial charge in [-0.3, -0.25) is 14.4 Å². The quantitative estimate of drug-likeness (QED) is 0.500. The van der Waals surface area contributed by atoms with Gasteiger partial charge in [0.1, 0.15) is 5.52 Å². The van der Waals surface area contributed by atoms with Crippen LogP contribution in [0.3, 0.4) is 0 Å². The van der Waals surface area contributed by atoms with E-state index in [1.165, 1.54) is 0 Å². The molecule has 11 nitrogen and oxygen atoms in total. The van der Waals surface area contributed by atoms with Crippen LogP contribution in [0.25, 0.3) is 22.4 Å². The number of morpholine rings is 2. The molecule has 2 N–H and O–H groups in total. The van der Waals surface area contributed by atoms with Crippen LogP contribution >= 0.6 is 0 Å². The number of hydrogen-bond acceptors (Lipinski definition) is 8. The molecule has 2 aliphatic rings. The van der Waals surface area contributed by atoms with E-state index in [1.807, 2.05) is 19.3 Å². The first-order valence-electron chi connectivity index (χ1n) is 11.5. The van der Waals surface area contributed by atoms with Crippen molar-refractivity contribution in [2.75, 3.05) is 70.6 Å². The van der Waals surface area contributed by atoms with Gasteiger partial charge in [0.15, 0.2) is 11.5 Å². The zero-order valence-corrected chi connectivity index (χ0v) is 18.9. The molecule has 0 atom stereocenters. The van der Waals surface area contributed by atoms with Crippen LogP contribution in [0.15, 0.2) is 18.5 Å². The zero-order valence-electron chi connectivity index (χ0n) is 18.9. The predicted octanol–water partition coefficient (Wildman–Crippen LogP) is 0.647. The third-order valence-electron chi connectivity index (χ3n) is 6.04. The highest BCUT2D eigenvalue weighted by atomic mass is 16.5. The van der Waals surface area contributed by atoms with Gasteiger partial charge in [-0.1, -0.05) is 0 Å². The molecule has 0 aliphatic carbocycles. The van der Waals surface area contributed by atoms with E-state index in [0.29, 0.717) is 30.9 Å². The van der Waals surface area contributed by atoms with Crippen molar-refractivity contribution in [1.82, 2.24) is 34.9 Å². The van der Waals surface area contributed by atoms with Crippen LogP contribution in [0.4, 0.5) is 5.69 Å². The highest BCUT2D eigenvalue weighted by molar-refractivity contribution is 5.97. The Morgan fingerprint density at radius 3 is 2.61 bits per heavy atom. The van der Waals surface area contributed by atoms with Crippen molar-refractivity contribution < 1.29 is 14.3 Å². The fourth-order valence-electron chi connectivity index (χ4n) is 4.24. The lowest BCUT2D eigenvalue weighted by Crippen LogP contribution is -2.38. The lowest BCUT2D eigenvalue weighted by molar-refractivity contribution is 0.0374. The minimum atomic E-state index is -0.217. The van der Waals surface area contributed by atoms with E-state index in [9.17, 15) is 4.79 Å². The number of ether oxygens (including phenoxy) is 2. The predicted molar refractivity (Wildman–Crippen MR) is 123 cm³/mol. The highest BCUT2D eigenvalue weighted by Gasteiger charge is 2.21. The van der Waals surface area contributed by atoms with E-state index in [1.54, 1.807) is 10.9 Å². The first kappa shape index (κ1) is 21.8. The van der Waals surface area contributed by atoms with Crippen molar-refractivity contribution in [1.29, 1.82) is 0 Å². The number of nitrogens with one attached hydrogen (secondary N) is 2. The Kier molecular flexibility index (Phi) is 6.51. The third kappa shape index (κ3) is 5.00. The van der Waals surface area contributed by atoms with Gasteiger partial charge in [0.25, 0.3) is 5.91 Å². The Bertz CT molecular complexity index is 1100. The molecule has 5 heterocycles. The van der Waals surface area contributed by atoms with E-state index in [4.69, 9.17) is 14.5 Å². The number of rotatable bonds is 7. The number of H-pyrrole nitrogens is 1. The Labute approximate surface area is 192 Å². The molecule has 11 heteroatoms. The lowest BCUT2D eigenvalue weighted by atomic mass is 10.2. The number of aryl methyl sites for hydroxylation is 1. The normalized spacial score (nSPS) is 17.5. The first-order valence-corrected chi connectivity index (χ1v) is 11.5. The molecule has 2 saturated heterocycles. The number of amides is 1. The van der Waals surface area contributed by atoms with Gasteiger partial charge in [-0.05, 0) is 19.0 Å². The number of aromatic amines is 1. The highest BCUT2D eigenvalue weighted by Crippen LogP contribution is 2.30. The standard InChI is InChI=1S/C22H30N8O3/c1-28-15-16(14-24-28)17-13-18(30-7-11-33-12-8-30)19-20(25-17)27-21(26-19)22(31)23-3-2-4-29-5-9-32-10-6-29/h13-15H,2-12H2,1H3,(H,23,31)(H,25,26,27). The molecule has 0 unspecified atom stereocenters. The van der Waals surface area contributed by atoms with Crippen molar-refractivity contribution in [3.63, 3.8) is 0 Å². The molecule has 0 saturated carbocycles.